The summed E-state index contributed by atoms with van der Waals surface area (Å²) in [6.07, 6.45) is 9.10. The van der Waals surface area contributed by atoms with Crippen LogP contribution < -0.4 is 0 Å². The van der Waals surface area contributed by atoms with Gasteiger partial charge in [0.2, 0.25) is 0 Å². The number of halogens is 1. The molecular formula is C27H29FN2O3S. The average molecular weight is 481 g/mol. The molecule has 7 heteroatoms. The largest absolute Gasteiger partial charge is 0.389 e. The van der Waals surface area contributed by atoms with Crippen LogP contribution >= 0.6 is 0 Å². The molecule has 0 saturated heterocycles. The van der Waals surface area contributed by atoms with E-state index in [4.69, 9.17) is 0 Å². The van der Waals surface area contributed by atoms with E-state index in [0.717, 1.165) is 35.3 Å². The fourth-order valence-electron chi connectivity index (χ4n) is 6.03. The van der Waals surface area contributed by atoms with Crippen LogP contribution in [0.5, 0.6) is 0 Å². The summed E-state index contributed by atoms with van der Waals surface area (Å²) in [7, 11) is -3.34. The number of hydrogen-bond acceptors (Lipinski definition) is 4. The smallest absolute Gasteiger partial charge is 0.175 e. The second-order valence-corrected chi connectivity index (χ2v) is 11.6. The average Bonchev–Trinajstić information content (AvgIpc) is 3.35. The summed E-state index contributed by atoms with van der Waals surface area (Å²) in [5, 5.41) is 16.6. The molecular weight excluding hydrogens is 451 g/mol. The Morgan fingerprint density at radius 1 is 1.15 bits per heavy atom. The van der Waals surface area contributed by atoms with Gasteiger partial charge in [-0.05, 0) is 86.1 Å². The molecule has 1 aromatic heterocycles. The topological polar surface area (TPSA) is 72.2 Å². The molecule has 2 atom stereocenters. The van der Waals surface area contributed by atoms with Gasteiger partial charge in [0, 0.05) is 11.7 Å². The number of aliphatic hydroxyl groups is 1. The van der Waals surface area contributed by atoms with Gasteiger partial charge in [-0.1, -0.05) is 30.7 Å². The molecule has 2 aliphatic carbocycles. The second-order valence-electron chi connectivity index (χ2n) is 9.64. The number of benzene rings is 2. The van der Waals surface area contributed by atoms with Crippen LogP contribution in [0, 0.1) is 11.2 Å². The van der Waals surface area contributed by atoms with E-state index in [1.165, 1.54) is 24.0 Å². The maximum Gasteiger partial charge on any atom is 0.175 e. The van der Waals surface area contributed by atoms with Crippen molar-refractivity contribution in [2.45, 2.75) is 55.9 Å². The number of sulfone groups is 1. The number of nitrogens with zero attached hydrogens (tertiary/aromatic N) is 2. The first kappa shape index (κ1) is 23.0. The van der Waals surface area contributed by atoms with Gasteiger partial charge in [0.1, 0.15) is 5.82 Å². The maximum atomic E-state index is 13.4. The third-order valence-electron chi connectivity index (χ3n) is 7.86. The third-order valence-corrected chi connectivity index (χ3v) is 9.05. The Labute approximate surface area is 199 Å². The van der Waals surface area contributed by atoms with Crippen LogP contribution in [0.2, 0.25) is 0 Å². The van der Waals surface area contributed by atoms with Crippen molar-refractivity contribution >= 4 is 15.9 Å². The highest BCUT2D eigenvalue weighted by Crippen LogP contribution is 2.59. The molecule has 1 heterocycles. The van der Waals surface area contributed by atoms with Crippen molar-refractivity contribution in [3.63, 3.8) is 0 Å². The molecule has 178 valence electrons. The van der Waals surface area contributed by atoms with Crippen LogP contribution in [0.25, 0.3) is 11.8 Å². The molecule has 0 amide bonds. The van der Waals surface area contributed by atoms with Crippen LogP contribution in [0.15, 0.2) is 65.2 Å². The van der Waals surface area contributed by atoms with E-state index in [1.807, 2.05) is 23.0 Å². The minimum Gasteiger partial charge on any atom is -0.389 e. The van der Waals surface area contributed by atoms with E-state index in [9.17, 15) is 17.9 Å². The van der Waals surface area contributed by atoms with Gasteiger partial charge in [0.25, 0.3) is 0 Å². The van der Waals surface area contributed by atoms with Crippen LogP contribution in [-0.2, 0) is 22.7 Å². The number of fused-ring (bicyclic) bond motifs is 2. The lowest BCUT2D eigenvalue weighted by atomic mass is 9.63. The Balaban J connectivity index is 1.47. The first-order chi connectivity index (χ1) is 16.2. The Morgan fingerprint density at radius 3 is 2.59 bits per heavy atom. The fourth-order valence-corrected chi connectivity index (χ4v) is 7.00. The van der Waals surface area contributed by atoms with E-state index in [1.54, 1.807) is 24.3 Å². The molecule has 5 nitrogen and oxygen atoms in total. The highest BCUT2D eigenvalue weighted by atomic mass is 32.2. The molecule has 2 aliphatic rings. The number of aryl methyl sites for hydroxylation is 1. The van der Waals surface area contributed by atoms with Gasteiger partial charge >= 0.3 is 0 Å². The molecule has 0 unspecified atom stereocenters. The maximum absolute atomic E-state index is 13.4. The zero-order valence-corrected chi connectivity index (χ0v) is 20.3. The van der Waals surface area contributed by atoms with Crippen molar-refractivity contribution in [3.05, 3.63) is 82.9 Å². The summed E-state index contributed by atoms with van der Waals surface area (Å²) in [5.74, 6) is -0.286. The number of hydrogen-bond donors (Lipinski definition) is 1. The van der Waals surface area contributed by atoms with E-state index in [0.29, 0.717) is 30.6 Å². The van der Waals surface area contributed by atoms with E-state index in [-0.39, 0.29) is 5.82 Å². The van der Waals surface area contributed by atoms with Gasteiger partial charge in [0.05, 0.1) is 28.1 Å². The normalized spacial score (nSPS) is 23.9. The lowest BCUT2D eigenvalue weighted by Crippen LogP contribution is -2.47. The minimum absolute atomic E-state index is 0.286. The van der Waals surface area contributed by atoms with Gasteiger partial charge in [0.15, 0.2) is 9.84 Å². The molecule has 0 radical (unpaired) electrons. The molecule has 2 aromatic carbocycles. The van der Waals surface area contributed by atoms with Crippen molar-refractivity contribution in [3.8, 4) is 5.69 Å². The van der Waals surface area contributed by atoms with Crippen LogP contribution in [0.4, 0.5) is 4.39 Å². The minimum atomic E-state index is -3.34. The van der Waals surface area contributed by atoms with Gasteiger partial charge in [-0.3, -0.25) is 0 Å². The lowest BCUT2D eigenvalue weighted by Gasteiger charge is -2.45. The van der Waals surface area contributed by atoms with Crippen molar-refractivity contribution in [1.82, 2.24) is 9.78 Å². The molecule has 0 spiro atoms. The van der Waals surface area contributed by atoms with Gasteiger partial charge in [-0.2, -0.15) is 5.10 Å². The zero-order valence-electron chi connectivity index (χ0n) is 19.5. The summed E-state index contributed by atoms with van der Waals surface area (Å²) in [5.41, 5.74) is 3.47. The van der Waals surface area contributed by atoms with Crippen molar-refractivity contribution in [2.24, 2.45) is 5.41 Å². The second kappa shape index (κ2) is 8.17. The highest BCUT2D eigenvalue weighted by molar-refractivity contribution is 7.90. The summed E-state index contributed by atoms with van der Waals surface area (Å²) in [6, 6.07) is 13.4. The molecule has 34 heavy (non-hydrogen) atoms. The lowest BCUT2D eigenvalue weighted by molar-refractivity contribution is -0.0569. The fraction of sp³-hybridized carbons (Fsp3) is 0.370. The Kier molecular flexibility index (Phi) is 5.52. The van der Waals surface area contributed by atoms with E-state index < -0.39 is 20.9 Å². The monoisotopic (exact) mass is 480 g/mol. The van der Waals surface area contributed by atoms with E-state index >= 15 is 0 Å². The van der Waals surface area contributed by atoms with Gasteiger partial charge in [-0.25, -0.2) is 17.5 Å². The Morgan fingerprint density at radius 2 is 1.88 bits per heavy atom. The SMILES string of the molecule is CC[C@]12Cc3cnn(-c4ccc(F)cc4)c3C=C1CC[C@@]2(O)CCc1ccccc1S(C)(=O)=O. The van der Waals surface area contributed by atoms with Crippen molar-refractivity contribution < 1.29 is 17.9 Å². The van der Waals surface area contributed by atoms with Gasteiger partial charge in [-0.15, -0.1) is 0 Å². The summed E-state index contributed by atoms with van der Waals surface area (Å²) in [6.45, 7) is 2.12. The summed E-state index contributed by atoms with van der Waals surface area (Å²) in [4.78, 5) is 0.337. The van der Waals surface area contributed by atoms with Crippen molar-refractivity contribution in [2.75, 3.05) is 6.26 Å². The molecule has 1 saturated carbocycles. The standard InChI is InChI=1S/C27H29FN2O3S/c1-3-26-17-20-18-29-30(23-10-8-22(28)9-11-23)24(20)16-21(26)13-15-27(26,31)14-12-19-6-4-5-7-25(19)34(2,32)33/h4-11,16,18,31H,3,12-15,17H2,1-2H3/t26-,27-/m0/s1. The molecule has 5 rings (SSSR count). The molecule has 0 bridgehead atoms. The molecule has 1 N–H and O–H groups in total. The highest BCUT2D eigenvalue weighted by Gasteiger charge is 2.56. The zero-order chi connectivity index (χ0) is 24.1. The first-order valence-corrected chi connectivity index (χ1v) is 13.6. The number of aromatic nitrogens is 2. The predicted molar refractivity (Wildman–Crippen MR) is 130 cm³/mol. The van der Waals surface area contributed by atoms with Crippen LogP contribution in [-0.4, -0.2) is 35.2 Å². The predicted octanol–water partition coefficient (Wildman–Crippen LogP) is 4.91. The quantitative estimate of drug-likeness (QED) is 0.544. The van der Waals surface area contributed by atoms with E-state index in [2.05, 4.69) is 18.1 Å². The summed E-state index contributed by atoms with van der Waals surface area (Å²) >= 11 is 0. The molecule has 1 fully saturated rings. The van der Waals surface area contributed by atoms with Crippen LogP contribution in [0.1, 0.15) is 49.4 Å². The van der Waals surface area contributed by atoms with Gasteiger partial charge < -0.3 is 5.11 Å². The van der Waals surface area contributed by atoms with Crippen LogP contribution in [0.3, 0.4) is 0 Å². The first-order valence-electron chi connectivity index (χ1n) is 11.7. The summed E-state index contributed by atoms with van der Waals surface area (Å²) < 4.78 is 39.7. The number of rotatable bonds is 6. The third kappa shape index (κ3) is 3.62. The van der Waals surface area contributed by atoms with Crippen molar-refractivity contribution in [1.29, 1.82) is 0 Å². The molecule has 3 aromatic rings. The Hall–Kier alpha value is -2.77. The Bertz CT molecular complexity index is 1380. The molecule has 0 aliphatic heterocycles.